The summed E-state index contributed by atoms with van der Waals surface area (Å²) in [6, 6.07) is 16.7. The Labute approximate surface area is 160 Å². The summed E-state index contributed by atoms with van der Waals surface area (Å²) >= 11 is 1.28. The van der Waals surface area contributed by atoms with Crippen molar-refractivity contribution in [3.05, 3.63) is 60.2 Å². The number of phenolic OH excluding ortho intramolecular Hbond substituents is 1. The van der Waals surface area contributed by atoms with Crippen LogP contribution in [0.15, 0.2) is 59.8 Å². The molecule has 1 aliphatic carbocycles. The fourth-order valence-electron chi connectivity index (χ4n) is 2.93. The summed E-state index contributed by atoms with van der Waals surface area (Å²) in [5.74, 6) is 0.881. The standard InChI is InChI=1S/C19H19N5O2S/c25-16-10-8-15(9-11-16)24-19(21-22-23-24)27-12-17(26)20-18(14-6-7-14)13-4-2-1-3-5-13/h1-5,8-11,14,18,25H,6-7,12H2,(H,20,26). The maximum absolute atomic E-state index is 12.5. The van der Waals surface area contributed by atoms with Crippen molar-refractivity contribution in [1.29, 1.82) is 0 Å². The van der Waals surface area contributed by atoms with Gasteiger partial charge in [0.25, 0.3) is 0 Å². The van der Waals surface area contributed by atoms with E-state index in [1.54, 1.807) is 28.9 Å². The van der Waals surface area contributed by atoms with Gasteiger partial charge in [0, 0.05) is 0 Å². The average molecular weight is 381 g/mol. The number of hydrogen-bond donors (Lipinski definition) is 2. The van der Waals surface area contributed by atoms with Gasteiger partial charge in [-0.05, 0) is 59.0 Å². The molecule has 1 heterocycles. The second-order valence-electron chi connectivity index (χ2n) is 6.47. The third-order valence-electron chi connectivity index (χ3n) is 4.44. The largest absolute Gasteiger partial charge is 0.508 e. The van der Waals surface area contributed by atoms with Crippen molar-refractivity contribution in [2.24, 2.45) is 5.92 Å². The van der Waals surface area contributed by atoms with Gasteiger partial charge in [-0.25, -0.2) is 0 Å². The third kappa shape index (κ3) is 4.28. The van der Waals surface area contributed by atoms with Gasteiger partial charge in [0.2, 0.25) is 11.1 Å². The minimum absolute atomic E-state index is 0.0407. The van der Waals surface area contributed by atoms with E-state index in [2.05, 4.69) is 33.0 Å². The smallest absolute Gasteiger partial charge is 0.230 e. The minimum Gasteiger partial charge on any atom is -0.508 e. The number of amides is 1. The van der Waals surface area contributed by atoms with E-state index in [1.807, 2.05) is 18.2 Å². The van der Waals surface area contributed by atoms with Crippen LogP contribution in [0.5, 0.6) is 5.75 Å². The van der Waals surface area contributed by atoms with Crippen LogP contribution >= 0.6 is 11.8 Å². The van der Waals surface area contributed by atoms with Crippen molar-refractivity contribution in [3.63, 3.8) is 0 Å². The molecule has 2 N–H and O–H groups in total. The van der Waals surface area contributed by atoms with E-state index in [0.29, 0.717) is 11.1 Å². The molecule has 1 fully saturated rings. The summed E-state index contributed by atoms with van der Waals surface area (Å²) < 4.78 is 1.55. The first kappa shape index (κ1) is 17.5. The molecule has 1 atom stereocenters. The fourth-order valence-corrected chi connectivity index (χ4v) is 3.64. The van der Waals surface area contributed by atoms with E-state index in [4.69, 9.17) is 0 Å². The molecule has 1 saturated carbocycles. The van der Waals surface area contributed by atoms with Gasteiger partial charge in [-0.2, -0.15) is 4.68 Å². The highest BCUT2D eigenvalue weighted by Crippen LogP contribution is 2.41. The van der Waals surface area contributed by atoms with Crippen molar-refractivity contribution in [2.45, 2.75) is 24.0 Å². The molecule has 1 unspecified atom stereocenters. The normalized spacial score (nSPS) is 14.7. The first-order chi connectivity index (χ1) is 13.2. The number of nitrogens with one attached hydrogen (secondary N) is 1. The number of rotatable bonds is 7. The van der Waals surface area contributed by atoms with E-state index in [0.717, 1.165) is 24.1 Å². The van der Waals surface area contributed by atoms with Gasteiger partial charge in [0.05, 0.1) is 17.5 Å². The first-order valence-corrected chi connectivity index (χ1v) is 9.74. The van der Waals surface area contributed by atoms with Crippen molar-refractivity contribution < 1.29 is 9.90 Å². The Morgan fingerprint density at radius 2 is 1.93 bits per heavy atom. The predicted octanol–water partition coefficient (Wildman–Crippen LogP) is 2.73. The van der Waals surface area contributed by atoms with Crippen molar-refractivity contribution >= 4 is 17.7 Å². The molecule has 8 heteroatoms. The monoisotopic (exact) mass is 381 g/mol. The van der Waals surface area contributed by atoms with Crippen molar-refractivity contribution in [3.8, 4) is 11.4 Å². The molecule has 0 saturated heterocycles. The highest BCUT2D eigenvalue weighted by atomic mass is 32.2. The van der Waals surface area contributed by atoms with Gasteiger partial charge in [0.15, 0.2) is 0 Å². The zero-order valence-electron chi connectivity index (χ0n) is 14.5. The molecule has 0 radical (unpaired) electrons. The zero-order valence-corrected chi connectivity index (χ0v) is 15.3. The lowest BCUT2D eigenvalue weighted by Crippen LogP contribution is -2.31. The number of benzene rings is 2. The molecule has 138 valence electrons. The molecule has 7 nitrogen and oxygen atoms in total. The maximum Gasteiger partial charge on any atom is 0.230 e. The lowest BCUT2D eigenvalue weighted by Gasteiger charge is -2.18. The molecule has 0 aliphatic heterocycles. The Kier molecular flexibility index (Phi) is 5.06. The Bertz CT molecular complexity index is 909. The first-order valence-electron chi connectivity index (χ1n) is 8.75. The summed E-state index contributed by atoms with van der Waals surface area (Å²) in [7, 11) is 0. The number of nitrogens with zero attached hydrogens (tertiary/aromatic N) is 4. The maximum atomic E-state index is 12.5. The Morgan fingerprint density at radius 3 is 2.63 bits per heavy atom. The van der Waals surface area contributed by atoms with Gasteiger partial charge in [-0.3, -0.25) is 4.79 Å². The van der Waals surface area contributed by atoms with E-state index in [-0.39, 0.29) is 23.5 Å². The number of aromatic nitrogens is 4. The van der Waals surface area contributed by atoms with Crippen LogP contribution in [0.2, 0.25) is 0 Å². The van der Waals surface area contributed by atoms with Gasteiger partial charge in [-0.1, -0.05) is 42.1 Å². The fraction of sp³-hybridized carbons (Fsp3) is 0.263. The number of thioether (sulfide) groups is 1. The van der Waals surface area contributed by atoms with Gasteiger partial charge in [-0.15, -0.1) is 5.10 Å². The zero-order chi connectivity index (χ0) is 18.6. The molecular weight excluding hydrogens is 362 g/mol. The number of carbonyl (C=O) groups is 1. The number of phenols is 1. The third-order valence-corrected chi connectivity index (χ3v) is 5.36. The number of hydrogen-bond acceptors (Lipinski definition) is 6. The molecule has 4 rings (SSSR count). The van der Waals surface area contributed by atoms with E-state index >= 15 is 0 Å². The molecule has 3 aromatic rings. The van der Waals surface area contributed by atoms with E-state index < -0.39 is 0 Å². The lowest BCUT2D eigenvalue weighted by molar-refractivity contribution is -0.119. The van der Waals surface area contributed by atoms with Crippen LogP contribution in [0.25, 0.3) is 5.69 Å². The number of tetrazole rings is 1. The van der Waals surface area contributed by atoms with Gasteiger partial charge < -0.3 is 10.4 Å². The number of carbonyl (C=O) groups excluding carboxylic acids is 1. The summed E-state index contributed by atoms with van der Waals surface area (Å²) in [5, 5.41) is 24.7. The highest BCUT2D eigenvalue weighted by Gasteiger charge is 2.33. The Balaban J connectivity index is 1.40. The molecule has 1 amide bonds. The van der Waals surface area contributed by atoms with Crippen LogP contribution < -0.4 is 5.32 Å². The summed E-state index contributed by atoms with van der Waals surface area (Å²) in [4.78, 5) is 12.5. The van der Waals surface area contributed by atoms with Crippen LogP contribution in [0, 0.1) is 5.92 Å². The van der Waals surface area contributed by atoms with Gasteiger partial charge >= 0.3 is 0 Å². The van der Waals surface area contributed by atoms with E-state index in [1.165, 1.54) is 11.8 Å². The SMILES string of the molecule is O=C(CSc1nnnn1-c1ccc(O)cc1)NC(c1ccccc1)C1CC1. The quantitative estimate of drug-likeness (QED) is 0.611. The average Bonchev–Trinajstić information content (AvgIpc) is 3.43. The second kappa shape index (κ2) is 7.79. The molecule has 1 aromatic heterocycles. The molecule has 0 spiro atoms. The summed E-state index contributed by atoms with van der Waals surface area (Å²) in [6.45, 7) is 0. The van der Waals surface area contributed by atoms with Crippen LogP contribution in [-0.4, -0.2) is 37.0 Å². The molecule has 27 heavy (non-hydrogen) atoms. The highest BCUT2D eigenvalue weighted by molar-refractivity contribution is 7.99. The summed E-state index contributed by atoms with van der Waals surface area (Å²) in [6.07, 6.45) is 2.29. The topological polar surface area (TPSA) is 92.9 Å². The molecule has 1 aliphatic rings. The Morgan fingerprint density at radius 1 is 1.19 bits per heavy atom. The summed E-state index contributed by atoms with van der Waals surface area (Å²) in [5.41, 5.74) is 1.87. The molecular formula is C19H19N5O2S. The second-order valence-corrected chi connectivity index (χ2v) is 7.41. The Hall–Kier alpha value is -2.87. The van der Waals surface area contributed by atoms with Crippen molar-refractivity contribution in [1.82, 2.24) is 25.5 Å². The van der Waals surface area contributed by atoms with Crippen LogP contribution in [0.4, 0.5) is 0 Å². The minimum atomic E-state index is -0.0407. The predicted molar refractivity (Wildman–Crippen MR) is 102 cm³/mol. The van der Waals surface area contributed by atoms with Crippen LogP contribution in [-0.2, 0) is 4.79 Å². The van der Waals surface area contributed by atoms with Gasteiger partial charge in [0.1, 0.15) is 5.75 Å². The van der Waals surface area contributed by atoms with E-state index in [9.17, 15) is 9.90 Å². The molecule has 2 aromatic carbocycles. The lowest BCUT2D eigenvalue weighted by atomic mass is 10.0. The van der Waals surface area contributed by atoms with Crippen LogP contribution in [0.3, 0.4) is 0 Å². The van der Waals surface area contributed by atoms with Crippen molar-refractivity contribution in [2.75, 3.05) is 5.75 Å². The van der Waals surface area contributed by atoms with Crippen LogP contribution in [0.1, 0.15) is 24.4 Å². The molecule has 0 bridgehead atoms. The number of aromatic hydroxyl groups is 1.